The molecule has 1 aromatic heterocycles. The van der Waals surface area contributed by atoms with E-state index in [1.54, 1.807) is 6.08 Å². The van der Waals surface area contributed by atoms with Crippen LogP contribution in [0.15, 0.2) is 48.2 Å². The number of pyridine rings is 1. The Balaban J connectivity index is 1.50. The van der Waals surface area contributed by atoms with Crippen molar-refractivity contribution in [2.45, 2.75) is 18.8 Å². The van der Waals surface area contributed by atoms with Gasteiger partial charge in [0.25, 0.3) is 0 Å². The lowest BCUT2D eigenvalue weighted by Gasteiger charge is -2.17. The van der Waals surface area contributed by atoms with Crippen LogP contribution in [-0.4, -0.2) is 40.0 Å². The van der Waals surface area contributed by atoms with Crippen molar-refractivity contribution in [2.24, 2.45) is 0 Å². The summed E-state index contributed by atoms with van der Waals surface area (Å²) in [6, 6.07) is 11.7. The van der Waals surface area contributed by atoms with Crippen LogP contribution < -0.4 is 0 Å². The number of rotatable bonds is 3. The molecule has 1 fully saturated rings. The van der Waals surface area contributed by atoms with Crippen LogP contribution in [0, 0.1) is 0 Å². The topological polar surface area (TPSA) is 70.5 Å². The Kier molecular flexibility index (Phi) is 3.84. The normalized spacial score (nSPS) is 18.8. The van der Waals surface area contributed by atoms with E-state index in [9.17, 15) is 14.7 Å². The third-order valence-electron chi connectivity index (χ3n) is 5.02. The van der Waals surface area contributed by atoms with E-state index in [0.717, 1.165) is 13.0 Å². The highest BCUT2D eigenvalue weighted by molar-refractivity contribution is 6.02. The molecule has 0 radical (unpaired) electrons. The molecular weight excluding hydrogens is 316 g/mol. The zero-order chi connectivity index (χ0) is 17.4. The van der Waals surface area contributed by atoms with Gasteiger partial charge in [0.1, 0.15) is 0 Å². The first-order valence-corrected chi connectivity index (χ1v) is 8.39. The molecule has 1 amide bonds. The van der Waals surface area contributed by atoms with E-state index in [4.69, 9.17) is 0 Å². The number of hydrogen-bond donors (Lipinski definition) is 1. The molecular formula is C20H18N2O3. The molecule has 4 rings (SSSR count). The van der Waals surface area contributed by atoms with Gasteiger partial charge in [0, 0.05) is 37.2 Å². The fourth-order valence-electron chi connectivity index (χ4n) is 3.71. The smallest absolute Gasteiger partial charge is 0.336 e. The lowest BCUT2D eigenvalue weighted by molar-refractivity contribution is -0.126. The molecule has 1 saturated heterocycles. The molecule has 1 unspecified atom stereocenters. The summed E-state index contributed by atoms with van der Waals surface area (Å²) in [5.41, 5.74) is 3.35. The van der Waals surface area contributed by atoms with Crippen LogP contribution in [0.5, 0.6) is 0 Å². The average molecular weight is 334 g/mol. The van der Waals surface area contributed by atoms with Gasteiger partial charge in [0.05, 0.1) is 11.3 Å². The molecule has 1 atom stereocenters. The Morgan fingerprint density at radius 2 is 1.96 bits per heavy atom. The summed E-state index contributed by atoms with van der Waals surface area (Å²) in [5.74, 6) is -0.624. The first-order chi connectivity index (χ1) is 12.1. The Morgan fingerprint density at radius 1 is 1.16 bits per heavy atom. The van der Waals surface area contributed by atoms with Crippen molar-refractivity contribution in [3.8, 4) is 0 Å². The summed E-state index contributed by atoms with van der Waals surface area (Å²) >= 11 is 0. The number of carboxylic acids is 1. The minimum Gasteiger partial charge on any atom is -0.478 e. The summed E-state index contributed by atoms with van der Waals surface area (Å²) in [7, 11) is 0. The largest absolute Gasteiger partial charge is 0.478 e. The van der Waals surface area contributed by atoms with Crippen molar-refractivity contribution in [2.75, 3.05) is 13.1 Å². The highest BCUT2D eigenvalue weighted by Gasteiger charge is 2.31. The van der Waals surface area contributed by atoms with E-state index in [1.165, 1.54) is 17.8 Å². The van der Waals surface area contributed by atoms with Crippen LogP contribution >= 0.6 is 0 Å². The van der Waals surface area contributed by atoms with E-state index in [2.05, 4.69) is 17.1 Å². The third kappa shape index (κ3) is 2.82. The quantitative estimate of drug-likeness (QED) is 0.937. The predicted molar refractivity (Wildman–Crippen MR) is 93.3 cm³/mol. The second kappa shape index (κ2) is 6.16. The summed E-state index contributed by atoms with van der Waals surface area (Å²) < 4.78 is 0. The Bertz CT molecular complexity index is 874. The molecule has 0 saturated carbocycles. The molecule has 5 nitrogen and oxygen atoms in total. The molecule has 1 N–H and O–H groups in total. The monoisotopic (exact) mass is 334 g/mol. The molecule has 2 aliphatic rings. The summed E-state index contributed by atoms with van der Waals surface area (Å²) in [5, 5.41) is 9.30. The molecule has 0 bridgehead atoms. The van der Waals surface area contributed by atoms with Crippen LogP contribution in [0.2, 0.25) is 0 Å². The van der Waals surface area contributed by atoms with E-state index in [1.807, 2.05) is 23.1 Å². The van der Waals surface area contributed by atoms with Crippen LogP contribution in [0.3, 0.4) is 0 Å². The fourth-order valence-corrected chi connectivity index (χ4v) is 3.71. The summed E-state index contributed by atoms with van der Waals surface area (Å²) in [6.45, 7) is 1.43. The van der Waals surface area contributed by atoms with Crippen molar-refractivity contribution in [3.63, 3.8) is 0 Å². The Hall–Kier alpha value is -2.95. The zero-order valence-electron chi connectivity index (χ0n) is 13.7. The maximum Gasteiger partial charge on any atom is 0.336 e. The van der Waals surface area contributed by atoms with Gasteiger partial charge in [-0.15, -0.1) is 0 Å². The molecule has 1 aromatic carbocycles. The third-order valence-corrected chi connectivity index (χ3v) is 5.02. The van der Waals surface area contributed by atoms with E-state index in [0.29, 0.717) is 35.7 Å². The minimum absolute atomic E-state index is 0.00669. The fraction of sp³-hybridized carbons (Fsp3) is 0.250. The van der Waals surface area contributed by atoms with Gasteiger partial charge in [0.2, 0.25) is 5.91 Å². The first kappa shape index (κ1) is 15.6. The SMILES string of the molecule is O=C(O)c1ccnc2c1CC(C(=O)N1CCC(c3ccccc3)C1)=C2. The van der Waals surface area contributed by atoms with E-state index < -0.39 is 5.97 Å². The number of nitrogens with zero attached hydrogens (tertiary/aromatic N) is 2. The standard InChI is InChI=1S/C20H18N2O3/c23-19(22-9-7-14(12-22)13-4-2-1-3-5-13)15-10-17-16(20(24)25)6-8-21-18(17)11-15/h1-6,8,11,14H,7,9-10,12H2,(H,24,25). The molecule has 1 aliphatic carbocycles. The number of likely N-dealkylation sites (tertiary alicyclic amines) is 1. The number of aromatic carboxylic acids is 1. The molecule has 1 aliphatic heterocycles. The second-order valence-corrected chi connectivity index (χ2v) is 6.52. The zero-order valence-corrected chi connectivity index (χ0v) is 13.7. The first-order valence-electron chi connectivity index (χ1n) is 8.39. The molecule has 25 heavy (non-hydrogen) atoms. The highest BCUT2D eigenvalue weighted by atomic mass is 16.4. The van der Waals surface area contributed by atoms with Gasteiger partial charge >= 0.3 is 5.97 Å². The predicted octanol–water partition coefficient (Wildman–Crippen LogP) is 2.74. The van der Waals surface area contributed by atoms with Gasteiger partial charge in [0.15, 0.2) is 0 Å². The number of amides is 1. The van der Waals surface area contributed by atoms with E-state index in [-0.39, 0.29) is 11.5 Å². The number of fused-ring (bicyclic) bond motifs is 1. The maximum atomic E-state index is 12.9. The van der Waals surface area contributed by atoms with Crippen molar-refractivity contribution in [1.82, 2.24) is 9.88 Å². The van der Waals surface area contributed by atoms with Gasteiger partial charge in [-0.25, -0.2) is 4.79 Å². The van der Waals surface area contributed by atoms with E-state index >= 15 is 0 Å². The molecule has 5 heteroatoms. The number of carbonyl (C=O) groups is 2. The number of carboxylic acid groups (broad SMARTS) is 1. The molecule has 2 aromatic rings. The van der Waals surface area contributed by atoms with Crippen molar-refractivity contribution < 1.29 is 14.7 Å². The van der Waals surface area contributed by atoms with Crippen LogP contribution in [-0.2, 0) is 11.2 Å². The number of carbonyl (C=O) groups excluding carboxylic acids is 1. The minimum atomic E-state index is -0.980. The Morgan fingerprint density at radius 3 is 2.72 bits per heavy atom. The van der Waals surface area contributed by atoms with Crippen LogP contribution in [0.4, 0.5) is 0 Å². The lowest BCUT2D eigenvalue weighted by atomic mass is 9.99. The maximum absolute atomic E-state index is 12.9. The van der Waals surface area contributed by atoms with Gasteiger partial charge in [-0.3, -0.25) is 9.78 Å². The van der Waals surface area contributed by atoms with Crippen molar-refractivity contribution in [3.05, 3.63) is 70.6 Å². The molecule has 2 heterocycles. The van der Waals surface area contributed by atoms with Crippen molar-refractivity contribution >= 4 is 18.0 Å². The lowest BCUT2D eigenvalue weighted by Crippen LogP contribution is -2.29. The van der Waals surface area contributed by atoms with Crippen molar-refractivity contribution in [1.29, 1.82) is 0 Å². The van der Waals surface area contributed by atoms with Gasteiger partial charge in [-0.2, -0.15) is 0 Å². The summed E-state index contributed by atoms with van der Waals surface area (Å²) in [4.78, 5) is 30.3. The van der Waals surface area contributed by atoms with Crippen LogP contribution in [0.1, 0.15) is 39.5 Å². The Labute approximate surface area is 145 Å². The molecule has 0 spiro atoms. The van der Waals surface area contributed by atoms with Gasteiger partial charge in [-0.05, 0) is 29.7 Å². The molecule has 126 valence electrons. The highest BCUT2D eigenvalue weighted by Crippen LogP contribution is 2.31. The summed E-state index contributed by atoms with van der Waals surface area (Å²) in [6.07, 6.45) is 4.51. The van der Waals surface area contributed by atoms with Crippen LogP contribution in [0.25, 0.3) is 6.08 Å². The number of benzene rings is 1. The van der Waals surface area contributed by atoms with Gasteiger partial charge in [-0.1, -0.05) is 30.3 Å². The average Bonchev–Trinajstić information content (AvgIpc) is 3.28. The number of hydrogen-bond acceptors (Lipinski definition) is 3. The van der Waals surface area contributed by atoms with Gasteiger partial charge < -0.3 is 10.0 Å². The number of aromatic nitrogens is 1. The second-order valence-electron chi connectivity index (χ2n) is 6.52.